The van der Waals surface area contributed by atoms with E-state index in [1.165, 1.54) is 12.1 Å². The van der Waals surface area contributed by atoms with E-state index >= 15 is 4.39 Å². The number of primary amides is 1. The van der Waals surface area contributed by atoms with E-state index in [1.54, 1.807) is 0 Å². The Hall–Kier alpha value is -2.52. The molecule has 2 heterocycles. The second-order valence-electron chi connectivity index (χ2n) is 7.27. The van der Waals surface area contributed by atoms with Gasteiger partial charge >= 0.3 is 5.97 Å². The third-order valence-electron chi connectivity index (χ3n) is 5.39. The van der Waals surface area contributed by atoms with Crippen LogP contribution in [0.4, 0.5) is 4.39 Å². The number of carboxylic acid groups (broad SMARTS) is 1. The van der Waals surface area contributed by atoms with Gasteiger partial charge in [0.2, 0.25) is 5.91 Å². The first-order valence-electron chi connectivity index (χ1n) is 9.29. The van der Waals surface area contributed by atoms with Crippen LogP contribution in [0.3, 0.4) is 0 Å². The maximum absolute atomic E-state index is 15.1. The summed E-state index contributed by atoms with van der Waals surface area (Å²) in [5.74, 6) is -2.96. The van der Waals surface area contributed by atoms with E-state index in [-0.39, 0.29) is 42.7 Å². The third kappa shape index (κ3) is 4.00. The number of amides is 2. The molecule has 5 N–H and O–H groups in total. The molecule has 2 aliphatic heterocycles. The van der Waals surface area contributed by atoms with Gasteiger partial charge in [0.25, 0.3) is 5.91 Å². The topological polar surface area (TPSA) is 136 Å². The Kier molecular flexibility index (Phi) is 5.95. The maximum atomic E-state index is 15.1. The van der Waals surface area contributed by atoms with E-state index in [1.807, 2.05) is 0 Å². The zero-order valence-corrected chi connectivity index (χ0v) is 15.4. The minimum Gasteiger partial charge on any atom is -0.481 e. The number of fused-ring (bicyclic) bond motifs is 1. The molecule has 0 unspecified atom stereocenters. The fourth-order valence-corrected chi connectivity index (χ4v) is 3.83. The van der Waals surface area contributed by atoms with Gasteiger partial charge in [-0.15, -0.1) is 0 Å². The molecule has 1 fully saturated rings. The van der Waals surface area contributed by atoms with Crippen LogP contribution < -0.4 is 11.5 Å². The van der Waals surface area contributed by atoms with Crippen LogP contribution in [0.2, 0.25) is 0 Å². The van der Waals surface area contributed by atoms with E-state index in [9.17, 15) is 14.4 Å². The smallest absolute Gasteiger partial charge is 0.303 e. The van der Waals surface area contributed by atoms with E-state index < -0.39 is 29.6 Å². The van der Waals surface area contributed by atoms with Crippen molar-refractivity contribution >= 4 is 17.8 Å². The normalized spacial score (nSPS) is 22.8. The van der Waals surface area contributed by atoms with Gasteiger partial charge in [-0.25, -0.2) is 4.39 Å². The van der Waals surface area contributed by atoms with E-state index in [4.69, 9.17) is 21.3 Å². The molecule has 1 saturated heterocycles. The lowest BCUT2D eigenvalue weighted by molar-refractivity contribution is -0.137. The van der Waals surface area contributed by atoms with Crippen molar-refractivity contribution in [3.63, 3.8) is 0 Å². The highest BCUT2D eigenvalue weighted by Gasteiger charge is 2.38. The van der Waals surface area contributed by atoms with Gasteiger partial charge in [0.1, 0.15) is 11.9 Å². The first-order chi connectivity index (χ1) is 13.3. The standard InChI is InChI=1S/C19H24FN3O5/c20-17-10(8-15-13(21)2-1-7-28-15)3-4-11-12(17)9-23(19(11)27)14(18(22)26)5-6-16(24)25/h3-4,13-15H,1-2,5-9,21H2,(H2,22,26)(H,24,25)/t13-,14-,15+/m0/s1. The minimum absolute atomic E-state index is 0.121. The first-order valence-corrected chi connectivity index (χ1v) is 9.29. The molecule has 9 heteroatoms. The highest BCUT2D eigenvalue weighted by atomic mass is 19.1. The average molecular weight is 393 g/mol. The Bertz CT molecular complexity index is 800. The number of halogens is 1. The van der Waals surface area contributed by atoms with Crippen molar-refractivity contribution in [2.24, 2.45) is 11.5 Å². The molecule has 0 aromatic heterocycles. The SMILES string of the molecule is NC(=O)[C@H](CCC(=O)O)N1Cc2c(ccc(C[C@H]3OCCC[C@@H]3N)c2F)C1=O. The molecule has 3 rings (SSSR count). The molecule has 2 amide bonds. The van der Waals surface area contributed by atoms with Gasteiger partial charge in [-0.05, 0) is 30.9 Å². The van der Waals surface area contributed by atoms with Crippen LogP contribution in [0.5, 0.6) is 0 Å². The van der Waals surface area contributed by atoms with Crippen LogP contribution in [0.1, 0.15) is 47.2 Å². The summed E-state index contributed by atoms with van der Waals surface area (Å²) in [4.78, 5) is 36.4. The van der Waals surface area contributed by atoms with Crippen molar-refractivity contribution in [1.82, 2.24) is 4.90 Å². The summed E-state index contributed by atoms with van der Waals surface area (Å²) >= 11 is 0. The van der Waals surface area contributed by atoms with Crippen LogP contribution in [-0.2, 0) is 27.3 Å². The molecule has 0 radical (unpaired) electrons. The average Bonchev–Trinajstić information content (AvgIpc) is 2.96. The molecule has 1 aromatic carbocycles. The van der Waals surface area contributed by atoms with Gasteiger partial charge in [0, 0.05) is 36.6 Å². The van der Waals surface area contributed by atoms with Gasteiger partial charge in [-0.1, -0.05) is 6.07 Å². The number of benzene rings is 1. The number of carboxylic acids is 1. The molecule has 0 bridgehead atoms. The number of hydrogen-bond donors (Lipinski definition) is 3. The van der Waals surface area contributed by atoms with Crippen LogP contribution in [-0.4, -0.2) is 52.6 Å². The number of carbonyl (C=O) groups is 3. The quantitative estimate of drug-likeness (QED) is 0.619. The van der Waals surface area contributed by atoms with Crippen molar-refractivity contribution in [1.29, 1.82) is 0 Å². The Balaban J connectivity index is 1.81. The molecule has 28 heavy (non-hydrogen) atoms. The zero-order valence-electron chi connectivity index (χ0n) is 15.4. The second-order valence-corrected chi connectivity index (χ2v) is 7.27. The second kappa shape index (κ2) is 8.24. The van der Waals surface area contributed by atoms with Gasteiger partial charge in [-0.3, -0.25) is 14.4 Å². The molecule has 8 nitrogen and oxygen atoms in total. The van der Waals surface area contributed by atoms with Crippen LogP contribution >= 0.6 is 0 Å². The summed E-state index contributed by atoms with van der Waals surface area (Å²) in [7, 11) is 0. The predicted octanol–water partition coefficient (Wildman–Crippen LogP) is 0.549. The Labute approximate surface area is 161 Å². The molecule has 1 aromatic rings. The monoisotopic (exact) mass is 393 g/mol. The third-order valence-corrected chi connectivity index (χ3v) is 5.39. The minimum atomic E-state index is -1.10. The van der Waals surface area contributed by atoms with Crippen LogP contribution in [0.25, 0.3) is 0 Å². The van der Waals surface area contributed by atoms with Gasteiger partial charge < -0.3 is 26.2 Å². The van der Waals surface area contributed by atoms with Crippen LogP contribution in [0.15, 0.2) is 12.1 Å². The Morgan fingerprint density at radius 1 is 1.39 bits per heavy atom. The van der Waals surface area contributed by atoms with E-state index in [0.29, 0.717) is 18.6 Å². The summed E-state index contributed by atoms with van der Waals surface area (Å²) in [6.45, 7) is 0.458. The summed E-state index contributed by atoms with van der Waals surface area (Å²) in [5, 5.41) is 8.85. The van der Waals surface area contributed by atoms with Crippen molar-refractivity contribution in [2.75, 3.05) is 6.61 Å². The highest BCUT2D eigenvalue weighted by Crippen LogP contribution is 2.31. The Morgan fingerprint density at radius 3 is 2.79 bits per heavy atom. The van der Waals surface area contributed by atoms with Crippen LogP contribution in [0, 0.1) is 5.82 Å². The predicted molar refractivity (Wildman–Crippen MR) is 96.8 cm³/mol. The lowest BCUT2D eigenvalue weighted by Crippen LogP contribution is -2.45. The number of carbonyl (C=O) groups excluding carboxylic acids is 2. The molecule has 2 aliphatic rings. The van der Waals surface area contributed by atoms with Crippen molar-refractivity contribution in [3.05, 3.63) is 34.6 Å². The molecule has 0 aliphatic carbocycles. The number of hydrogen-bond acceptors (Lipinski definition) is 5. The van der Waals surface area contributed by atoms with Crippen molar-refractivity contribution < 1.29 is 28.6 Å². The highest BCUT2D eigenvalue weighted by molar-refractivity contribution is 6.01. The fraction of sp³-hybridized carbons (Fsp3) is 0.526. The first kappa shape index (κ1) is 20.2. The maximum Gasteiger partial charge on any atom is 0.303 e. The molecule has 0 spiro atoms. The molecule has 0 saturated carbocycles. The summed E-state index contributed by atoms with van der Waals surface area (Å²) in [5.41, 5.74) is 12.2. The number of aliphatic carboxylic acids is 1. The largest absolute Gasteiger partial charge is 0.481 e. The summed E-state index contributed by atoms with van der Waals surface area (Å²) in [6.07, 6.45) is 1.25. The van der Waals surface area contributed by atoms with Gasteiger partial charge in [0.05, 0.1) is 12.6 Å². The summed E-state index contributed by atoms with van der Waals surface area (Å²) < 4.78 is 20.7. The van der Waals surface area contributed by atoms with Gasteiger partial charge in [-0.2, -0.15) is 0 Å². The van der Waals surface area contributed by atoms with E-state index in [2.05, 4.69) is 0 Å². The lowest BCUT2D eigenvalue weighted by atomic mass is 9.95. The lowest BCUT2D eigenvalue weighted by Gasteiger charge is -2.29. The number of nitrogens with zero attached hydrogens (tertiary/aromatic N) is 1. The molecule has 3 atom stereocenters. The molecular weight excluding hydrogens is 369 g/mol. The molecular formula is C19H24FN3O5. The molecule has 152 valence electrons. The van der Waals surface area contributed by atoms with Crippen molar-refractivity contribution in [2.45, 2.75) is 56.8 Å². The summed E-state index contributed by atoms with van der Waals surface area (Å²) in [6, 6.07) is 1.79. The Morgan fingerprint density at radius 2 is 2.14 bits per heavy atom. The number of ether oxygens (including phenoxy) is 1. The van der Waals surface area contributed by atoms with Crippen molar-refractivity contribution in [3.8, 4) is 0 Å². The van der Waals surface area contributed by atoms with Gasteiger partial charge in [0.15, 0.2) is 0 Å². The number of rotatable bonds is 7. The fourth-order valence-electron chi connectivity index (χ4n) is 3.83. The number of nitrogens with two attached hydrogens (primary N) is 2. The zero-order chi connectivity index (χ0) is 20.4. The van der Waals surface area contributed by atoms with E-state index in [0.717, 1.165) is 17.7 Å².